The summed E-state index contributed by atoms with van der Waals surface area (Å²) in [7, 11) is 0. The van der Waals surface area contributed by atoms with Crippen LogP contribution in [0.1, 0.15) is 11.1 Å². The van der Waals surface area contributed by atoms with Gasteiger partial charge in [-0.25, -0.2) is 0 Å². The van der Waals surface area contributed by atoms with Crippen LogP contribution in [0.3, 0.4) is 0 Å². The van der Waals surface area contributed by atoms with Crippen molar-refractivity contribution < 1.29 is 0 Å². The fraction of sp³-hybridized carbons (Fsp3) is 0.0769. The molecule has 1 heteroatoms. The topological polar surface area (TPSA) is 0 Å². The smallest absolute Gasteiger partial charge is 0.0217 e. The maximum absolute atomic E-state index is 3.61. The molecule has 0 heterocycles. The maximum Gasteiger partial charge on any atom is 0.0217 e. The van der Waals surface area contributed by atoms with Gasteiger partial charge in [0.25, 0.3) is 0 Å². The minimum Gasteiger partial charge on any atom is -0.0795 e. The molecule has 0 saturated heterocycles. The van der Waals surface area contributed by atoms with Crippen LogP contribution in [-0.2, 0) is 6.42 Å². The Morgan fingerprint density at radius 2 is 2.00 bits per heavy atom. The fourth-order valence-corrected chi connectivity index (χ4v) is 2.59. The molecule has 0 atom stereocenters. The van der Waals surface area contributed by atoms with Crippen molar-refractivity contribution in [3.63, 3.8) is 0 Å². The lowest BCUT2D eigenvalue weighted by Gasteiger charge is -2.13. The summed E-state index contributed by atoms with van der Waals surface area (Å²) in [5.41, 5.74) is 2.76. The van der Waals surface area contributed by atoms with E-state index in [-0.39, 0.29) is 0 Å². The van der Waals surface area contributed by atoms with E-state index in [2.05, 4.69) is 58.4 Å². The van der Waals surface area contributed by atoms with Crippen LogP contribution < -0.4 is 0 Å². The number of hydrogen-bond acceptors (Lipinski definition) is 0. The van der Waals surface area contributed by atoms with Gasteiger partial charge in [-0.05, 0) is 34.4 Å². The van der Waals surface area contributed by atoms with Crippen LogP contribution in [0.4, 0.5) is 0 Å². The first-order chi connectivity index (χ1) is 6.86. The predicted molar refractivity (Wildman–Crippen MR) is 64.4 cm³/mol. The van der Waals surface area contributed by atoms with Crippen LogP contribution in [0.5, 0.6) is 0 Å². The van der Waals surface area contributed by atoms with E-state index in [0.717, 1.165) is 6.42 Å². The van der Waals surface area contributed by atoms with Crippen molar-refractivity contribution in [1.82, 2.24) is 0 Å². The zero-order valence-electron chi connectivity index (χ0n) is 7.63. The third-order valence-electron chi connectivity index (χ3n) is 2.75. The molecule has 0 aliphatic heterocycles. The molecule has 0 spiro atoms. The van der Waals surface area contributed by atoms with Gasteiger partial charge < -0.3 is 0 Å². The first-order valence-corrected chi connectivity index (χ1v) is 5.52. The van der Waals surface area contributed by atoms with E-state index in [0.29, 0.717) is 0 Å². The van der Waals surface area contributed by atoms with Crippen molar-refractivity contribution in [2.24, 2.45) is 0 Å². The summed E-state index contributed by atoms with van der Waals surface area (Å²) < 4.78 is 1.22. The van der Waals surface area contributed by atoms with E-state index in [4.69, 9.17) is 0 Å². The summed E-state index contributed by atoms with van der Waals surface area (Å²) in [6.45, 7) is 0. The second-order valence-corrected chi connectivity index (χ2v) is 4.43. The number of hydrogen-bond donors (Lipinski definition) is 0. The minimum atomic E-state index is 1.04. The summed E-state index contributed by atoms with van der Waals surface area (Å²) in [6.07, 6.45) is 5.47. The second-order valence-electron chi connectivity index (χ2n) is 3.58. The summed E-state index contributed by atoms with van der Waals surface area (Å²) in [6, 6.07) is 10.8. The zero-order valence-corrected chi connectivity index (χ0v) is 9.21. The quantitative estimate of drug-likeness (QED) is 0.653. The number of benzene rings is 2. The lowest BCUT2D eigenvalue weighted by Crippen LogP contribution is -1.93. The Kier molecular flexibility index (Phi) is 1.74. The van der Waals surface area contributed by atoms with Crippen LogP contribution in [0, 0.1) is 0 Å². The van der Waals surface area contributed by atoms with E-state index in [1.54, 1.807) is 0 Å². The highest BCUT2D eigenvalue weighted by Gasteiger charge is 2.10. The van der Waals surface area contributed by atoms with Gasteiger partial charge in [0.05, 0.1) is 0 Å². The van der Waals surface area contributed by atoms with Crippen molar-refractivity contribution in [2.75, 3.05) is 0 Å². The van der Waals surface area contributed by atoms with Crippen LogP contribution in [-0.4, -0.2) is 0 Å². The van der Waals surface area contributed by atoms with Gasteiger partial charge >= 0.3 is 0 Å². The predicted octanol–water partition coefficient (Wildman–Crippen LogP) is 4.17. The molecule has 0 amide bonds. The molecule has 3 rings (SSSR count). The molecule has 14 heavy (non-hydrogen) atoms. The average Bonchev–Trinajstić information content (AvgIpc) is 2.24. The first kappa shape index (κ1) is 8.25. The Bertz CT molecular complexity index is 538. The average molecular weight is 245 g/mol. The molecule has 68 valence electrons. The summed E-state index contributed by atoms with van der Waals surface area (Å²) in [4.78, 5) is 0. The first-order valence-electron chi connectivity index (χ1n) is 4.73. The lowest BCUT2D eigenvalue weighted by molar-refractivity contribution is 1.27. The zero-order chi connectivity index (χ0) is 9.54. The van der Waals surface area contributed by atoms with E-state index < -0.39 is 0 Å². The normalized spacial score (nSPS) is 13.5. The van der Waals surface area contributed by atoms with E-state index in [1.165, 1.54) is 26.4 Å². The van der Waals surface area contributed by atoms with Gasteiger partial charge in [-0.3, -0.25) is 0 Å². The molecule has 0 saturated carbocycles. The number of allylic oxidation sites excluding steroid dienone is 1. The summed E-state index contributed by atoms with van der Waals surface area (Å²) in [5.74, 6) is 0. The third kappa shape index (κ3) is 1.05. The van der Waals surface area contributed by atoms with Crippen LogP contribution >= 0.6 is 15.9 Å². The fourth-order valence-electron chi connectivity index (χ4n) is 2.10. The molecule has 0 unspecified atom stereocenters. The van der Waals surface area contributed by atoms with Crippen molar-refractivity contribution in [3.8, 4) is 0 Å². The SMILES string of the molecule is Brc1ccc2cccc3c2c1CC=C3. The summed E-state index contributed by atoms with van der Waals surface area (Å²) in [5, 5.41) is 2.74. The Morgan fingerprint density at radius 3 is 2.93 bits per heavy atom. The van der Waals surface area contributed by atoms with E-state index in [9.17, 15) is 0 Å². The Morgan fingerprint density at radius 1 is 1.07 bits per heavy atom. The van der Waals surface area contributed by atoms with Gasteiger partial charge in [0.2, 0.25) is 0 Å². The minimum absolute atomic E-state index is 1.04. The van der Waals surface area contributed by atoms with Crippen LogP contribution in [0.15, 0.2) is 40.9 Å². The van der Waals surface area contributed by atoms with Crippen LogP contribution in [0.2, 0.25) is 0 Å². The number of halogens is 1. The second kappa shape index (κ2) is 2.96. The molecular formula is C13H9Br. The van der Waals surface area contributed by atoms with Gasteiger partial charge in [0.15, 0.2) is 0 Å². The molecule has 0 radical (unpaired) electrons. The summed E-state index contributed by atoms with van der Waals surface area (Å²) >= 11 is 3.61. The standard InChI is InChI=1S/C13H9Br/c14-12-8-7-10-4-1-3-9-5-2-6-11(12)13(9)10/h1-5,7-8H,6H2. The molecule has 0 bridgehead atoms. The maximum atomic E-state index is 3.61. The van der Waals surface area contributed by atoms with E-state index in [1.807, 2.05) is 0 Å². The van der Waals surface area contributed by atoms with Gasteiger partial charge in [0, 0.05) is 4.47 Å². The van der Waals surface area contributed by atoms with Crippen molar-refractivity contribution in [2.45, 2.75) is 6.42 Å². The van der Waals surface area contributed by atoms with Crippen molar-refractivity contribution in [3.05, 3.63) is 52.0 Å². The third-order valence-corrected chi connectivity index (χ3v) is 3.49. The molecule has 1 aliphatic carbocycles. The Hall–Kier alpha value is -1.08. The molecule has 1 aliphatic rings. The van der Waals surface area contributed by atoms with Gasteiger partial charge in [0.1, 0.15) is 0 Å². The van der Waals surface area contributed by atoms with Gasteiger partial charge in [-0.2, -0.15) is 0 Å². The monoisotopic (exact) mass is 244 g/mol. The molecule has 2 aromatic carbocycles. The number of rotatable bonds is 0. The van der Waals surface area contributed by atoms with Crippen molar-refractivity contribution in [1.29, 1.82) is 0 Å². The molecule has 0 N–H and O–H groups in total. The van der Waals surface area contributed by atoms with Gasteiger partial charge in [-0.15, -0.1) is 0 Å². The molecule has 0 aromatic heterocycles. The van der Waals surface area contributed by atoms with E-state index >= 15 is 0 Å². The molecular weight excluding hydrogens is 236 g/mol. The highest BCUT2D eigenvalue weighted by atomic mass is 79.9. The largest absolute Gasteiger partial charge is 0.0795 e. The lowest BCUT2D eigenvalue weighted by atomic mass is 9.93. The molecule has 0 fully saturated rings. The highest BCUT2D eigenvalue weighted by molar-refractivity contribution is 9.10. The van der Waals surface area contributed by atoms with Crippen LogP contribution in [0.25, 0.3) is 16.8 Å². The molecule has 0 nitrogen and oxygen atoms in total. The Labute approximate surface area is 91.4 Å². The van der Waals surface area contributed by atoms with Crippen molar-refractivity contribution >= 4 is 32.8 Å². The Balaban J connectivity index is 2.56. The van der Waals surface area contributed by atoms with Gasteiger partial charge in [-0.1, -0.05) is 52.3 Å². The highest BCUT2D eigenvalue weighted by Crippen LogP contribution is 2.33. The molecule has 2 aromatic rings.